The third-order valence-corrected chi connectivity index (χ3v) is 3.04. The molecule has 1 saturated heterocycles. The largest absolute Gasteiger partial charge is 0.392 e. The topological polar surface area (TPSA) is 23.5 Å². The van der Waals surface area contributed by atoms with Gasteiger partial charge in [-0.15, -0.1) is 0 Å². The van der Waals surface area contributed by atoms with Crippen molar-refractivity contribution in [2.45, 2.75) is 44.2 Å². The monoisotopic (exact) mass is 155 g/mol. The Morgan fingerprint density at radius 3 is 2.36 bits per heavy atom. The molecule has 2 aliphatic rings. The van der Waals surface area contributed by atoms with Crippen LogP contribution in [0.5, 0.6) is 0 Å². The fourth-order valence-electron chi connectivity index (χ4n) is 2.37. The normalized spacial score (nSPS) is 35.2. The lowest BCUT2D eigenvalue weighted by Gasteiger charge is -2.22. The molecule has 11 heavy (non-hydrogen) atoms. The Labute approximate surface area is 68.2 Å². The van der Waals surface area contributed by atoms with Crippen molar-refractivity contribution in [3.05, 3.63) is 0 Å². The lowest BCUT2D eigenvalue weighted by atomic mass is 10.2. The number of hydrogen-bond donors (Lipinski definition) is 1. The Morgan fingerprint density at radius 1 is 1.09 bits per heavy atom. The molecule has 1 saturated carbocycles. The number of aliphatic hydroxyl groups is 1. The van der Waals surface area contributed by atoms with E-state index in [1.807, 2.05) is 0 Å². The van der Waals surface area contributed by atoms with Crippen molar-refractivity contribution >= 4 is 0 Å². The van der Waals surface area contributed by atoms with Crippen LogP contribution in [0, 0.1) is 0 Å². The first-order valence-corrected chi connectivity index (χ1v) is 4.78. The Morgan fingerprint density at radius 2 is 1.82 bits per heavy atom. The zero-order chi connectivity index (χ0) is 7.68. The van der Waals surface area contributed by atoms with Crippen molar-refractivity contribution in [2.75, 3.05) is 13.1 Å². The second-order valence-corrected chi connectivity index (χ2v) is 3.88. The number of aliphatic hydroxyl groups excluding tert-OH is 1. The van der Waals surface area contributed by atoms with Gasteiger partial charge < -0.3 is 5.11 Å². The Bertz CT molecular complexity index is 132. The number of likely N-dealkylation sites (tertiary alicyclic amines) is 1. The van der Waals surface area contributed by atoms with E-state index in [9.17, 15) is 5.11 Å². The molecule has 1 heterocycles. The standard InChI is InChI=1S/C9H17NO/c11-9-5-6-10(7-9)8-3-1-2-4-8/h8-9,11H,1-7H2. The molecule has 2 rings (SSSR count). The maximum Gasteiger partial charge on any atom is 0.0679 e. The van der Waals surface area contributed by atoms with Gasteiger partial charge in [-0.1, -0.05) is 12.8 Å². The average Bonchev–Trinajstić information content (AvgIpc) is 2.55. The van der Waals surface area contributed by atoms with Gasteiger partial charge in [0.05, 0.1) is 6.10 Å². The van der Waals surface area contributed by atoms with Gasteiger partial charge in [0.25, 0.3) is 0 Å². The van der Waals surface area contributed by atoms with Crippen molar-refractivity contribution < 1.29 is 5.11 Å². The number of β-amino-alcohol motifs (C(OH)–C–C–N with tert-alkyl or cyclic N) is 1. The van der Waals surface area contributed by atoms with E-state index >= 15 is 0 Å². The number of rotatable bonds is 1. The third kappa shape index (κ3) is 1.57. The van der Waals surface area contributed by atoms with E-state index in [2.05, 4.69) is 4.90 Å². The van der Waals surface area contributed by atoms with Gasteiger partial charge in [-0.25, -0.2) is 0 Å². The lowest BCUT2D eigenvalue weighted by Crippen LogP contribution is -2.31. The molecule has 64 valence electrons. The summed E-state index contributed by atoms with van der Waals surface area (Å²) in [5.74, 6) is 0. The Hall–Kier alpha value is -0.0800. The van der Waals surface area contributed by atoms with E-state index in [0.29, 0.717) is 0 Å². The molecule has 2 nitrogen and oxygen atoms in total. The van der Waals surface area contributed by atoms with Gasteiger partial charge in [-0.2, -0.15) is 0 Å². The summed E-state index contributed by atoms with van der Waals surface area (Å²) in [4.78, 5) is 2.47. The molecule has 0 spiro atoms. The quantitative estimate of drug-likeness (QED) is 0.610. The van der Waals surface area contributed by atoms with Crippen molar-refractivity contribution in [3.63, 3.8) is 0 Å². The van der Waals surface area contributed by atoms with Crippen LogP contribution in [0.1, 0.15) is 32.1 Å². The summed E-state index contributed by atoms with van der Waals surface area (Å²) < 4.78 is 0. The molecule has 0 bridgehead atoms. The van der Waals surface area contributed by atoms with Crippen molar-refractivity contribution in [3.8, 4) is 0 Å². The van der Waals surface area contributed by atoms with E-state index in [1.165, 1.54) is 25.7 Å². The summed E-state index contributed by atoms with van der Waals surface area (Å²) in [6.45, 7) is 2.07. The van der Waals surface area contributed by atoms with Crippen LogP contribution in [-0.2, 0) is 0 Å². The fraction of sp³-hybridized carbons (Fsp3) is 1.00. The zero-order valence-electron chi connectivity index (χ0n) is 7.00. The molecule has 0 aromatic carbocycles. The highest BCUT2D eigenvalue weighted by atomic mass is 16.3. The Kier molecular flexibility index (Phi) is 2.14. The van der Waals surface area contributed by atoms with Crippen molar-refractivity contribution in [1.29, 1.82) is 0 Å². The summed E-state index contributed by atoms with van der Waals surface area (Å²) in [7, 11) is 0. The molecule has 1 aliphatic heterocycles. The summed E-state index contributed by atoms with van der Waals surface area (Å²) in [5.41, 5.74) is 0. The van der Waals surface area contributed by atoms with E-state index in [1.54, 1.807) is 0 Å². The zero-order valence-corrected chi connectivity index (χ0v) is 7.00. The van der Waals surface area contributed by atoms with Gasteiger partial charge >= 0.3 is 0 Å². The number of nitrogens with zero attached hydrogens (tertiary/aromatic N) is 1. The molecule has 0 aromatic rings. The average molecular weight is 155 g/mol. The van der Waals surface area contributed by atoms with E-state index < -0.39 is 0 Å². The first kappa shape index (κ1) is 7.56. The molecule has 0 radical (unpaired) electrons. The number of hydrogen-bond acceptors (Lipinski definition) is 2. The maximum absolute atomic E-state index is 9.32. The molecule has 0 amide bonds. The van der Waals surface area contributed by atoms with Crippen LogP contribution in [-0.4, -0.2) is 35.2 Å². The molecular weight excluding hydrogens is 138 g/mol. The second-order valence-electron chi connectivity index (χ2n) is 3.88. The highest BCUT2D eigenvalue weighted by Crippen LogP contribution is 2.26. The third-order valence-electron chi connectivity index (χ3n) is 3.04. The summed E-state index contributed by atoms with van der Waals surface area (Å²) in [5, 5.41) is 9.32. The van der Waals surface area contributed by atoms with Crippen LogP contribution >= 0.6 is 0 Å². The van der Waals surface area contributed by atoms with Crippen LogP contribution in [0.2, 0.25) is 0 Å². The van der Waals surface area contributed by atoms with Gasteiger partial charge in [0.15, 0.2) is 0 Å². The van der Waals surface area contributed by atoms with E-state index in [-0.39, 0.29) is 6.10 Å². The summed E-state index contributed by atoms with van der Waals surface area (Å²) in [6.07, 6.45) is 6.50. The molecule has 2 fully saturated rings. The predicted octanol–water partition coefficient (Wildman–Crippen LogP) is 0.996. The second kappa shape index (κ2) is 3.11. The minimum Gasteiger partial charge on any atom is -0.392 e. The first-order valence-electron chi connectivity index (χ1n) is 4.78. The molecule has 1 aliphatic carbocycles. The van der Waals surface area contributed by atoms with Crippen molar-refractivity contribution in [2.24, 2.45) is 0 Å². The van der Waals surface area contributed by atoms with Crippen LogP contribution in [0.15, 0.2) is 0 Å². The highest BCUT2D eigenvalue weighted by Gasteiger charge is 2.28. The van der Waals surface area contributed by atoms with Crippen LogP contribution < -0.4 is 0 Å². The molecular formula is C9H17NO. The van der Waals surface area contributed by atoms with Crippen LogP contribution in [0.25, 0.3) is 0 Å². The molecule has 1 N–H and O–H groups in total. The minimum absolute atomic E-state index is 0.0319. The first-order chi connectivity index (χ1) is 5.36. The van der Waals surface area contributed by atoms with Gasteiger partial charge in [-0.05, 0) is 19.3 Å². The predicted molar refractivity (Wildman–Crippen MR) is 44.5 cm³/mol. The smallest absolute Gasteiger partial charge is 0.0679 e. The van der Waals surface area contributed by atoms with Gasteiger partial charge in [0.2, 0.25) is 0 Å². The van der Waals surface area contributed by atoms with Crippen LogP contribution in [0.3, 0.4) is 0 Å². The van der Waals surface area contributed by atoms with Crippen LogP contribution in [0.4, 0.5) is 0 Å². The summed E-state index contributed by atoms with van der Waals surface area (Å²) >= 11 is 0. The van der Waals surface area contributed by atoms with Gasteiger partial charge in [0, 0.05) is 19.1 Å². The van der Waals surface area contributed by atoms with Gasteiger partial charge in [-0.3, -0.25) is 4.90 Å². The SMILES string of the molecule is OC1CCN(C2CCCC2)C1. The van der Waals surface area contributed by atoms with E-state index in [4.69, 9.17) is 0 Å². The molecule has 2 heteroatoms. The molecule has 0 aromatic heterocycles. The van der Waals surface area contributed by atoms with Gasteiger partial charge in [0.1, 0.15) is 0 Å². The maximum atomic E-state index is 9.32. The fourth-order valence-corrected chi connectivity index (χ4v) is 2.37. The minimum atomic E-state index is -0.0319. The highest BCUT2D eigenvalue weighted by molar-refractivity contribution is 4.83. The molecule has 1 atom stereocenters. The Balaban J connectivity index is 1.85. The summed E-state index contributed by atoms with van der Waals surface area (Å²) in [6, 6.07) is 0.812. The molecule has 1 unspecified atom stereocenters. The van der Waals surface area contributed by atoms with Crippen molar-refractivity contribution in [1.82, 2.24) is 4.90 Å². The lowest BCUT2D eigenvalue weighted by molar-refractivity contribution is 0.160. The van der Waals surface area contributed by atoms with E-state index in [0.717, 1.165) is 25.6 Å².